The zero-order valence-electron chi connectivity index (χ0n) is 11.3. The van der Waals surface area contributed by atoms with E-state index in [-0.39, 0.29) is 11.9 Å². The van der Waals surface area contributed by atoms with Crippen LogP contribution in [0.1, 0.15) is 40.0 Å². The fourth-order valence-electron chi connectivity index (χ4n) is 2.69. The molecule has 3 heteroatoms. The number of likely N-dealkylation sites (N-methyl/N-ethyl adjacent to an activating group) is 1. The van der Waals surface area contributed by atoms with Crippen LogP contribution in [0, 0.1) is 11.8 Å². The highest BCUT2D eigenvalue weighted by atomic mass is 16.2. The van der Waals surface area contributed by atoms with Gasteiger partial charge >= 0.3 is 0 Å². The van der Waals surface area contributed by atoms with Crippen LogP contribution in [0.3, 0.4) is 0 Å². The summed E-state index contributed by atoms with van der Waals surface area (Å²) in [5.74, 6) is 1.69. The summed E-state index contributed by atoms with van der Waals surface area (Å²) in [6.45, 7) is 6.58. The van der Waals surface area contributed by atoms with Gasteiger partial charge in [0.2, 0.25) is 5.91 Å². The first-order valence-electron chi connectivity index (χ1n) is 6.39. The molecule has 1 saturated carbocycles. The van der Waals surface area contributed by atoms with E-state index in [0.29, 0.717) is 12.0 Å². The van der Waals surface area contributed by atoms with E-state index in [9.17, 15) is 4.79 Å². The van der Waals surface area contributed by atoms with Crippen molar-refractivity contribution in [1.29, 1.82) is 0 Å². The maximum atomic E-state index is 11.8. The molecule has 3 nitrogen and oxygen atoms in total. The van der Waals surface area contributed by atoms with Gasteiger partial charge in [-0.15, -0.1) is 0 Å². The van der Waals surface area contributed by atoms with Crippen LogP contribution in [0.5, 0.6) is 0 Å². The molecule has 1 N–H and O–H groups in total. The number of nitrogens with zero attached hydrogens (tertiary/aromatic N) is 1. The number of carbonyl (C=O) groups excluding carboxylic acids is 1. The summed E-state index contributed by atoms with van der Waals surface area (Å²) < 4.78 is 0. The average Bonchev–Trinajstić information content (AvgIpc) is 2.20. The van der Waals surface area contributed by atoms with E-state index in [2.05, 4.69) is 19.2 Å². The van der Waals surface area contributed by atoms with Crippen LogP contribution in [0.15, 0.2) is 0 Å². The largest absolute Gasteiger partial charge is 0.347 e. The third-order valence-electron chi connectivity index (χ3n) is 3.71. The van der Waals surface area contributed by atoms with Crippen molar-refractivity contribution in [2.75, 3.05) is 14.1 Å². The van der Waals surface area contributed by atoms with Gasteiger partial charge in [-0.25, -0.2) is 0 Å². The number of hydrogen-bond acceptors (Lipinski definition) is 2. The van der Waals surface area contributed by atoms with Crippen molar-refractivity contribution >= 4 is 5.91 Å². The van der Waals surface area contributed by atoms with E-state index in [1.165, 1.54) is 19.3 Å². The second-order valence-corrected chi connectivity index (χ2v) is 5.62. The molecule has 0 heterocycles. The number of amides is 1. The van der Waals surface area contributed by atoms with Crippen molar-refractivity contribution in [3.05, 3.63) is 0 Å². The van der Waals surface area contributed by atoms with Crippen LogP contribution in [-0.4, -0.2) is 37.0 Å². The number of carbonyl (C=O) groups is 1. The molecule has 94 valence electrons. The zero-order chi connectivity index (χ0) is 12.3. The van der Waals surface area contributed by atoms with Crippen molar-refractivity contribution in [2.24, 2.45) is 11.8 Å². The first kappa shape index (κ1) is 13.5. The molecule has 0 aromatic rings. The number of rotatable bonds is 3. The maximum Gasteiger partial charge on any atom is 0.238 e. The summed E-state index contributed by atoms with van der Waals surface area (Å²) in [6, 6.07) is 0.450. The third-order valence-corrected chi connectivity index (χ3v) is 3.71. The Labute approximate surface area is 99.6 Å². The van der Waals surface area contributed by atoms with Crippen LogP contribution in [0.4, 0.5) is 0 Å². The molecule has 4 unspecified atom stereocenters. The fourth-order valence-corrected chi connectivity index (χ4v) is 2.69. The molecule has 0 aliphatic heterocycles. The van der Waals surface area contributed by atoms with Gasteiger partial charge < -0.3 is 10.2 Å². The van der Waals surface area contributed by atoms with Gasteiger partial charge in [-0.3, -0.25) is 4.79 Å². The summed E-state index contributed by atoms with van der Waals surface area (Å²) in [7, 11) is 3.62. The van der Waals surface area contributed by atoms with E-state index in [1.807, 2.05) is 21.0 Å². The monoisotopic (exact) mass is 226 g/mol. The molecule has 1 aliphatic rings. The molecular formula is C13H26N2O. The van der Waals surface area contributed by atoms with Crippen molar-refractivity contribution in [1.82, 2.24) is 10.2 Å². The van der Waals surface area contributed by atoms with Gasteiger partial charge in [0.05, 0.1) is 6.04 Å². The maximum absolute atomic E-state index is 11.8. The minimum Gasteiger partial charge on any atom is -0.347 e. The van der Waals surface area contributed by atoms with Gasteiger partial charge in [0.1, 0.15) is 0 Å². The molecule has 16 heavy (non-hydrogen) atoms. The summed E-state index contributed by atoms with van der Waals surface area (Å²) >= 11 is 0. The third kappa shape index (κ3) is 3.48. The molecule has 0 radical (unpaired) electrons. The molecule has 0 aromatic heterocycles. The molecule has 0 spiro atoms. The van der Waals surface area contributed by atoms with Gasteiger partial charge in [0.15, 0.2) is 0 Å². The minimum absolute atomic E-state index is 0.0594. The molecule has 0 saturated heterocycles. The average molecular weight is 226 g/mol. The molecule has 0 aromatic carbocycles. The van der Waals surface area contributed by atoms with Crippen molar-refractivity contribution < 1.29 is 4.79 Å². The van der Waals surface area contributed by atoms with Gasteiger partial charge in [0, 0.05) is 20.1 Å². The topological polar surface area (TPSA) is 32.3 Å². The molecule has 0 bridgehead atoms. The van der Waals surface area contributed by atoms with Crippen LogP contribution >= 0.6 is 0 Å². The Morgan fingerprint density at radius 2 is 1.94 bits per heavy atom. The molecule has 4 atom stereocenters. The van der Waals surface area contributed by atoms with Gasteiger partial charge in [0.25, 0.3) is 0 Å². The predicted molar refractivity (Wildman–Crippen MR) is 67.3 cm³/mol. The van der Waals surface area contributed by atoms with Gasteiger partial charge in [-0.2, -0.15) is 0 Å². The van der Waals surface area contributed by atoms with Crippen LogP contribution in [0.25, 0.3) is 0 Å². The molecule has 1 fully saturated rings. The summed E-state index contributed by atoms with van der Waals surface area (Å²) in [6.07, 6.45) is 3.76. The summed E-state index contributed by atoms with van der Waals surface area (Å²) in [5.41, 5.74) is 0. The van der Waals surface area contributed by atoms with Crippen LogP contribution in [0.2, 0.25) is 0 Å². The van der Waals surface area contributed by atoms with E-state index in [0.717, 1.165) is 5.92 Å². The normalized spacial score (nSPS) is 32.2. The number of hydrogen-bond donors (Lipinski definition) is 1. The van der Waals surface area contributed by atoms with Gasteiger partial charge in [-0.05, 0) is 38.0 Å². The highest BCUT2D eigenvalue weighted by Crippen LogP contribution is 2.28. The van der Waals surface area contributed by atoms with Crippen molar-refractivity contribution in [3.8, 4) is 0 Å². The van der Waals surface area contributed by atoms with E-state index in [4.69, 9.17) is 0 Å². The SMILES string of the molecule is CC1CCC(NC(C)C(=O)N(C)C)C(C)C1. The van der Waals surface area contributed by atoms with E-state index in [1.54, 1.807) is 4.90 Å². The van der Waals surface area contributed by atoms with Crippen molar-refractivity contribution in [2.45, 2.75) is 52.1 Å². The van der Waals surface area contributed by atoms with E-state index >= 15 is 0 Å². The highest BCUT2D eigenvalue weighted by molar-refractivity contribution is 5.80. The van der Waals surface area contributed by atoms with Gasteiger partial charge in [-0.1, -0.05) is 13.8 Å². The Kier molecular flexibility index (Phi) is 4.78. The molecular weight excluding hydrogens is 200 g/mol. The second kappa shape index (κ2) is 5.67. The Morgan fingerprint density at radius 1 is 1.31 bits per heavy atom. The summed E-state index contributed by atoms with van der Waals surface area (Å²) in [4.78, 5) is 13.4. The zero-order valence-corrected chi connectivity index (χ0v) is 11.3. The molecule has 1 aliphatic carbocycles. The van der Waals surface area contributed by atoms with Crippen LogP contribution < -0.4 is 5.32 Å². The van der Waals surface area contributed by atoms with Crippen molar-refractivity contribution in [3.63, 3.8) is 0 Å². The Balaban J connectivity index is 2.45. The quantitative estimate of drug-likeness (QED) is 0.797. The lowest BCUT2D eigenvalue weighted by Gasteiger charge is -2.35. The Hall–Kier alpha value is -0.570. The second-order valence-electron chi connectivity index (χ2n) is 5.62. The van der Waals surface area contributed by atoms with Crippen LogP contribution in [-0.2, 0) is 4.79 Å². The molecule has 1 rings (SSSR count). The predicted octanol–water partition coefficient (Wildman–Crippen LogP) is 1.88. The first-order valence-corrected chi connectivity index (χ1v) is 6.39. The lowest BCUT2D eigenvalue weighted by atomic mass is 9.79. The number of nitrogens with one attached hydrogen (secondary N) is 1. The Morgan fingerprint density at radius 3 is 2.44 bits per heavy atom. The standard InChI is InChI=1S/C13H26N2O/c1-9-6-7-12(10(2)8-9)14-11(3)13(16)15(4)5/h9-12,14H,6-8H2,1-5H3. The lowest BCUT2D eigenvalue weighted by molar-refractivity contribution is -0.130. The molecule has 1 amide bonds. The smallest absolute Gasteiger partial charge is 0.238 e. The summed E-state index contributed by atoms with van der Waals surface area (Å²) in [5, 5.41) is 3.48. The first-order chi connectivity index (χ1) is 7.41. The Bertz CT molecular complexity index is 240. The lowest BCUT2D eigenvalue weighted by Crippen LogP contribution is -2.49. The highest BCUT2D eigenvalue weighted by Gasteiger charge is 2.27. The van der Waals surface area contributed by atoms with E-state index < -0.39 is 0 Å². The fraction of sp³-hybridized carbons (Fsp3) is 0.923. The minimum atomic E-state index is -0.0594.